The van der Waals surface area contributed by atoms with Gasteiger partial charge in [-0.1, -0.05) is 6.92 Å². The molecule has 0 bridgehead atoms. The standard InChI is InChI=1S/C18H22FN3OS/c1-3-10-22(15-8-9-20-11-15)18(23)16-12(2)21-17(24-16)13-4-6-14(19)7-5-13/h4-7,15,20H,3,8-11H2,1-2H3. The van der Waals surface area contributed by atoms with E-state index in [2.05, 4.69) is 17.2 Å². The van der Waals surface area contributed by atoms with Crippen molar-refractivity contribution in [3.05, 3.63) is 40.7 Å². The smallest absolute Gasteiger partial charge is 0.266 e. The maximum absolute atomic E-state index is 13.1. The van der Waals surface area contributed by atoms with Crippen LogP contribution in [0.15, 0.2) is 24.3 Å². The maximum Gasteiger partial charge on any atom is 0.266 e. The van der Waals surface area contributed by atoms with Gasteiger partial charge in [0, 0.05) is 24.7 Å². The van der Waals surface area contributed by atoms with Gasteiger partial charge in [-0.15, -0.1) is 11.3 Å². The molecule has 1 fully saturated rings. The molecule has 1 N–H and O–H groups in total. The minimum absolute atomic E-state index is 0.0638. The van der Waals surface area contributed by atoms with Crippen molar-refractivity contribution in [2.24, 2.45) is 0 Å². The van der Waals surface area contributed by atoms with Crippen LogP contribution in [0.4, 0.5) is 4.39 Å². The van der Waals surface area contributed by atoms with Crippen molar-refractivity contribution in [1.29, 1.82) is 0 Å². The number of hydrogen-bond acceptors (Lipinski definition) is 4. The van der Waals surface area contributed by atoms with Crippen molar-refractivity contribution in [2.75, 3.05) is 19.6 Å². The molecule has 0 radical (unpaired) electrons. The molecule has 1 saturated heterocycles. The molecular formula is C18H22FN3OS. The van der Waals surface area contributed by atoms with Gasteiger partial charge in [0.15, 0.2) is 0 Å². The van der Waals surface area contributed by atoms with Crippen LogP contribution in [0.2, 0.25) is 0 Å². The van der Waals surface area contributed by atoms with Crippen molar-refractivity contribution < 1.29 is 9.18 Å². The average molecular weight is 347 g/mol. The summed E-state index contributed by atoms with van der Waals surface area (Å²) in [4.78, 5) is 20.3. The molecule has 2 aromatic rings. The van der Waals surface area contributed by atoms with Gasteiger partial charge in [-0.05, 0) is 50.6 Å². The van der Waals surface area contributed by atoms with E-state index in [-0.39, 0.29) is 17.8 Å². The average Bonchev–Trinajstić information content (AvgIpc) is 3.22. The van der Waals surface area contributed by atoms with E-state index in [1.165, 1.54) is 23.5 Å². The Kier molecular flexibility index (Phi) is 5.26. The van der Waals surface area contributed by atoms with Crippen LogP contribution in [0.25, 0.3) is 10.6 Å². The summed E-state index contributed by atoms with van der Waals surface area (Å²) in [5.41, 5.74) is 1.59. The molecule has 1 aliphatic rings. The van der Waals surface area contributed by atoms with Crippen molar-refractivity contribution >= 4 is 17.2 Å². The van der Waals surface area contributed by atoms with Crippen LogP contribution in [-0.2, 0) is 0 Å². The summed E-state index contributed by atoms with van der Waals surface area (Å²) in [5.74, 6) is -0.208. The number of halogens is 1. The Morgan fingerprint density at radius 1 is 1.42 bits per heavy atom. The zero-order valence-electron chi connectivity index (χ0n) is 14.0. The maximum atomic E-state index is 13.1. The Bertz CT molecular complexity index is 708. The van der Waals surface area contributed by atoms with E-state index >= 15 is 0 Å². The second kappa shape index (κ2) is 7.40. The summed E-state index contributed by atoms with van der Waals surface area (Å²) in [6.07, 6.45) is 1.93. The molecule has 1 atom stereocenters. The normalized spacial score (nSPS) is 17.2. The first-order chi connectivity index (χ1) is 11.6. The number of nitrogens with zero attached hydrogens (tertiary/aromatic N) is 2. The fraction of sp³-hybridized carbons (Fsp3) is 0.444. The van der Waals surface area contributed by atoms with E-state index in [0.717, 1.165) is 48.7 Å². The second-order valence-corrected chi connectivity index (χ2v) is 7.08. The molecule has 4 nitrogen and oxygen atoms in total. The molecule has 1 aromatic carbocycles. The lowest BCUT2D eigenvalue weighted by atomic mass is 10.2. The molecule has 2 heterocycles. The SMILES string of the molecule is CCCN(C(=O)c1sc(-c2ccc(F)cc2)nc1C)C1CCNC1. The highest BCUT2D eigenvalue weighted by molar-refractivity contribution is 7.17. The number of carbonyl (C=O) groups excluding carboxylic acids is 1. The fourth-order valence-electron chi connectivity index (χ4n) is 3.04. The first-order valence-electron chi connectivity index (χ1n) is 8.35. The Morgan fingerprint density at radius 3 is 2.79 bits per heavy atom. The van der Waals surface area contributed by atoms with Gasteiger partial charge < -0.3 is 10.2 Å². The highest BCUT2D eigenvalue weighted by Gasteiger charge is 2.29. The second-order valence-electron chi connectivity index (χ2n) is 6.09. The lowest BCUT2D eigenvalue weighted by Crippen LogP contribution is -2.42. The fourth-order valence-corrected chi connectivity index (χ4v) is 4.07. The van der Waals surface area contributed by atoms with Gasteiger partial charge in [-0.2, -0.15) is 0 Å². The van der Waals surface area contributed by atoms with Gasteiger partial charge in [-0.25, -0.2) is 9.37 Å². The van der Waals surface area contributed by atoms with Crippen molar-refractivity contribution in [3.8, 4) is 10.6 Å². The van der Waals surface area contributed by atoms with Gasteiger partial charge in [0.2, 0.25) is 0 Å². The van der Waals surface area contributed by atoms with Crippen LogP contribution in [-0.4, -0.2) is 41.5 Å². The van der Waals surface area contributed by atoms with E-state index in [1.54, 1.807) is 12.1 Å². The minimum atomic E-state index is -0.272. The third-order valence-corrected chi connectivity index (χ3v) is 5.48. The van der Waals surface area contributed by atoms with Gasteiger partial charge >= 0.3 is 0 Å². The van der Waals surface area contributed by atoms with Crippen LogP contribution in [0.3, 0.4) is 0 Å². The van der Waals surface area contributed by atoms with Crippen LogP contribution in [0, 0.1) is 12.7 Å². The molecule has 1 amide bonds. The van der Waals surface area contributed by atoms with Crippen LogP contribution >= 0.6 is 11.3 Å². The Morgan fingerprint density at radius 2 is 2.17 bits per heavy atom. The summed E-state index contributed by atoms with van der Waals surface area (Å²) < 4.78 is 13.1. The first kappa shape index (κ1) is 17.0. The Balaban J connectivity index is 1.87. The number of thiazole rings is 1. The number of amides is 1. The monoisotopic (exact) mass is 347 g/mol. The van der Waals surface area contributed by atoms with Crippen LogP contribution in [0.1, 0.15) is 35.1 Å². The topological polar surface area (TPSA) is 45.2 Å². The number of nitrogens with one attached hydrogen (secondary N) is 1. The molecule has 128 valence electrons. The third-order valence-electron chi connectivity index (χ3n) is 4.28. The molecule has 24 heavy (non-hydrogen) atoms. The third kappa shape index (κ3) is 3.49. The van der Waals surface area contributed by atoms with E-state index in [9.17, 15) is 9.18 Å². The number of benzene rings is 1. The lowest BCUT2D eigenvalue weighted by molar-refractivity contribution is 0.0696. The molecule has 1 unspecified atom stereocenters. The number of rotatable bonds is 5. The quantitative estimate of drug-likeness (QED) is 0.901. The predicted molar refractivity (Wildman–Crippen MR) is 94.8 cm³/mol. The number of hydrogen-bond donors (Lipinski definition) is 1. The first-order valence-corrected chi connectivity index (χ1v) is 9.17. The minimum Gasteiger partial charge on any atom is -0.334 e. The summed E-state index contributed by atoms with van der Waals surface area (Å²) in [6, 6.07) is 6.50. The van der Waals surface area contributed by atoms with Crippen molar-refractivity contribution in [1.82, 2.24) is 15.2 Å². The number of carbonyl (C=O) groups is 1. The van der Waals surface area contributed by atoms with Gasteiger partial charge in [0.1, 0.15) is 15.7 Å². The molecule has 0 spiro atoms. The summed E-state index contributed by atoms with van der Waals surface area (Å²) in [5, 5.41) is 4.09. The van der Waals surface area contributed by atoms with E-state index in [0.29, 0.717) is 4.88 Å². The van der Waals surface area contributed by atoms with Gasteiger partial charge in [-0.3, -0.25) is 4.79 Å². The molecule has 1 aromatic heterocycles. The zero-order valence-corrected chi connectivity index (χ0v) is 14.8. The van der Waals surface area contributed by atoms with E-state index in [1.807, 2.05) is 11.8 Å². The van der Waals surface area contributed by atoms with Crippen molar-refractivity contribution in [3.63, 3.8) is 0 Å². The Hall–Kier alpha value is -1.79. The largest absolute Gasteiger partial charge is 0.334 e. The van der Waals surface area contributed by atoms with Crippen molar-refractivity contribution in [2.45, 2.75) is 32.7 Å². The molecule has 0 saturated carbocycles. The summed E-state index contributed by atoms with van der Waals surface area (Å²) in [6.45, 7) is 6.53. The molecule has 3 rings (SSSR count). The zero-order chi connectivity index (χ0) is 17.1. The molecule has 1 aliphatic heterocycles. The van der Waals surface area contributed by atoms with Gasteiger partial charge in [0.25, 0.3) is 5.91 Å². The van der Waals surface area contributed by atoms with E-state index in [4.69, 9.17) is 0 Å². The highest BCUT2D eigenvalue weighted by atomic mass is 32.1. The predicted octanol–water partition coefficient (Wildman–Crippen LogP) is 3.47. The summed E-state index contributed by atoms with van der Waals surface area (Å²) in [7, 11) is 0. The van der Waals surface area contributed by atoms with Crippen LogP contribution < -0.4 is 5.32 Å². The van der Waals surface area contributed by atoms with E-state index < -0.39 is 0 Å². The molecule has 0 aliphatic carbocycles. The number of aromatic nitrogens is 1. The van der Waals surface area contributed by atoms with Gasteiger partial charge in [0.05, 0.1) is 5.69 Å². The lowest BCUT2D eigenvalue weighted by Gasteiger charge is -2.27. The summed E-state index contributed by atoms with van der Waals surface area (Å²) >= 11 is 1.39. The molecular weight excluding hydrogens is 325 g/mol. The molecule has 6 heteroatoms. The highest BCUT2D eigenvalue weighted by Crippen LogP contribution is 2.29. The number of aryl methyl sites for hydroxylation is 1. The Labute approximate surface area is 145 Å². The van der Waals surface area contributed by atoms with Crippen LogP contribution in [0.5, 0.6) is 0 Å².